The lowest BCUT2D eigenvalue weighted by Gasteiger charge is -2.19. The fourth-order valence-corrected chi connectivity index (χ4v) is 4.08. The van der Waals surface area contributed by atoms with E-state index in [0.29, 0.717) is 10.6 Å². The van der Waals surface area contributed by atoms with Crippen molar-refractivity contribution < 1.29 is 4.39 Å². The van der Waals surface area contributed by atoms with Crippen LogP contribution in [-0.2, 0) is 0 Å². The lowest BCUT2D eigenvalue weighted by atomic mass is 9.94. The van der Waals surface area contributed by atoms with E-state index in [0.717, 1.165) is 16.7 Å². The van der Waals surface area contributed by atoms with E-state index in [9.17, 15) is 4.39 Å². The first-order valence-electron chi connectivity index (χ1n) is 6.07. The number of hydrogen-bond acceptors (Lipinski definition) is 0. The van der Waals surface area contributed by atoms with Crippen molar-refractivity contribution in [3.63, 3.8) is 0 Å². The average molecular weight is 342 g/mol. The van der Waals surface area contributed by atoms with E-state index in [2.05, 4.69) is 35.0 Å². The monoisotopic (exact) mass is 340 g/mol. The number of alkyl halides is 1. The molecule has 0 aliphatic rings. The summed E-state index contributed by atoms with van der Waals surface area (Å²) in [5, 5.41) is 0.446. The Kier molecular flexibility index (Phi) is 4.32. The maximum absolute atomic E-state index is 14.0. The van der Waals surface area contributed by atoms with Crippen molar-refractivity contribution in [3.8, 4) is 0 Å². The first-order chi connectivity index (χ1) is 8.91. The zero-order chi connectivity index (χ0) is 14.2. The molecule has 0 aliphatic carbocycles. The van der Waals surface area contributed by atoms with Gasteiger partial charge in [0.25, 0.3) is 0 Å². The van der Waals surface area contributed by atoms with Gasteiger partial charge in [-0.05, 0) is 49.6 Å². The fraction of sp³-hybridized carbons (Fsp3) is 0.250. The van der Waals surface area contributed by atoms with Gasteiger partial charge in [-0.3, -0.25) is 0 Å². The van der Waals surface area contributed by atoms with Gasteiger partial charge in [0.15, 0.2) is 0 Å². The predicted octanol–water partition coefficient (Wildman–Crippen LogP) is 5.89. The SMILES string of the molecule is Cc1cc(C)c(C(Br)c2c(F)cccc2Cl)c(C)c1. The molecule has 0 radical (unpaired) electrons. The molecule has 2 aromatic carbocycles. The van der Waals surface area contributed by atoms with Gasteiger partial charge in [0.05, 0.1) is 4.83 Å². The van der Waals surface area contributed by atoms with Gasteiger partial charge in [-0.25, -0.2) is 4.39 Å². The smallest absolute Gasteiger partial charge is 0.129 e. The molecule has 2 aromatic rings. The fourth-order valence-electron chi connectivity index (χ4n) is 2.49. The van der Waals surface area contributed by atoms with Crippen LogP contribution in [0.4, 0.5) is 4.39 Å². The first-order valence-corrected chi connectivity index (χ1v) is 7.37. The number of benzene rings is 2. The maximum Gasteiger partial charge on any atom is 0.129 e. The lowest BCUT2D eigenvalue weighted by molar-refractivity contribution is 0.613. The molecule has 0 spiro atoms. The number of halogens is 3. The van der Waals surface area contributed by atoms with Crippen molar-refractivity contribution in [1.82, 2.24) is 0 Å². The van der Waals surface area contributed by atoms with Gasteiger partial charge in [0, 0.05) is 10.6 Å². The molecule has 0 aliphatic heterocycles. The number of aryl methyl sites for hydroxylation is 3. The summed E-state index contributed by atoms with van der Waals surface area (Å²) >= 11 is 9.74. The molecule has 3 heteroatoms. The van der Waals surface area contributed by atoms with Gasteiger partial charge >= 0.3 is 0 Å². The van der Waals surface area contributed by atoms with Gasteiger partial charge in [0.1, 0.15) is 5.82 Å². The molecule has 0 heterocycles. The Labute approximate surface area is 126 Å². The second-order valence-corrected chi connectivity index (χ2v) is 6.13. The third-order valence-electron chi connectivity index (χ3n) is 3.24. The van der Waals surface area contributed by atoms with Gasteiger partial charge in [0.2, 0.25) is 0 Å². The standard InChI is InChI=1S/C16H15BrClF/c1-9-7-10(2)14(11(3)8-9)16(17)15-12(18)5-4-6-13(15)19/h4-8,16H,1-3H3. The number of hydrogen-bond donors (Lipinski definition) is 0. The topological polar surface area (TPSA) is 0 Å². The molecule has 0 saturated heterocycles. The molecule has 1 unspecified atom stereocenters. The van der Waals surface area contributed by atoms with E-state index in [1.165, 1.54) is 11.6 Å². The summed E-state index contributed by atoms with van der Waals surface area (Å²) in [5.74, 6) is -0.284. The van der Waals surface area contributed by atoms with E-state index >= 15 is 0 Å². The van der Waals surface area contributed by atoms with Crippen molar-refractivity contribution in [2.45, 2.75) is 25.6 Å². The summed E-state index contributed by atoms with van der Waals surface area (Å²) in [6.07, 6.45) is 0. The summed E-state index contributed by atoms with van der Waals surface area (Å²) in [6, 6.07) is 8.98. The van der Waals surface area contributed by atoms with Crippen LogP contribution < -0.4 is 0 Å². The first kappa shape index (κ1) is 14.5. The van der Waals surface area contributed by atoms with E-state index in [1.54, 1.807) is 12.1 Å². The predicted molar refractivity (Wildman–Crippen MR) is 82.8 cm³/mol. The highest BCUT2D eigenvalue weighted by Gasteiger charge is 2.21. The second kappa shape index (κ2) is 5.64. The Morgan fingerprint density at radius 2 is 1.63 bits per heavy atom. The van der Waals surface area contributed by atoms with E-state index in [-0.39, 0.29) is 10.6 Å². The molecule has 1 atom stereocenters. The molecule has 0 nitrogen and oxygen atoms in total. The maximum atomic E-state index is 14.0. The van der Waals surface area contributed by atoms with E-state index in [4.69, 9.17) is 11.6 Å². The van der Waals surface area contributed by atoms with Crippen LogP contribution in [0.2, 0.25) is 5.02 Å². The normalized spacial score (nSPS) is 12.5. The van der Waals surface area contributed by atoms with Crippen LogP contribution in [0.5, 0.6) is 0 Å². The van der Waals surface area contributed by atoms with Gasteiger partial charge in [-0.1, -0.05) is 51.3 Å². The minimum atomic E-state index is -0.284. The summed E-state index contributed by atoms with van der Waals surface area (Å²) in [5.41, 5.74) is 5.06. The van der Waals surface area contributed by atoms with Gasteiger partial charge in [-0.15, -0.1) is 0 Å². The third-order valence-corrected chi connectivity index (χ3v) is 4.49. The zero-order valence-corrected chi connectivity index (χ0v) is 13.4. The van der Waals surface area contributed by atoms with Gasteiger partial charge < -0.3 is 0 Å². The van der Waals surface area contributed by atoms with E-state index in [1.807, 2.05) is 13.8 Å². The Bertz CT molecular complexity index is 579. The Morgan fingerprint density at radius 3 is 2.16 bits per heavy atom. The Morgan fingerprint density at radius 1 is 1.05 bits per heavy atom. The minimum absolute atomic E-state index is 0.234. The van der Waals surface area contributed by atoms with Crippen LogP contribution in [0.1, 0.15) is 32.6 Å². The number of rotatable bonds is 2. The van der Waals surface area contributed by atoms with Crippen LogP contribution in [0.3, 0.4) is 0 Å². The van der Waals surface area contributed by atoms with Crippen LogP contribution >= 0.6 is 27.5 Å². The van der Waals surface area contributed by atoms with Crippen molar-refractivity contribution in [2.24, 2.45) is 0 Å². The van der Waals surface area contributed by atoms with Gasteiger partial charge in [-0.2, -0.15) is 0 Å². The summed E-state index contributed by atoms with van der Waals surface area (Å²) < 4.78 is 14.0. The molecule has 100 valence electrons. The zero-order valence-electron chi connectivity index (χ0n) is 11.1. The second-order valence-electron chi connectivity index (χ2n) is 4.81. The molecule has 0 saturated carbocycles. The molecule has 0 bridgehead atoms. The summed E-state index contributed by atoms with van der Waals surface area (Å²) in [6.45, 7) is 6.14. The molecular formula is C16H15BrClF. The Balaban J connectivity index is 2.60. The molecule has 2 rings (SSSR count). The largest absolute Gasteiger partial charge is 0.207 e. The van der Waals surface area contributed by atoms with Crippen molar-refractivity contribution in [3.05, 3.63) is 69.0 Å². The summed E-state index contributed by atoms with van der Waals surface area (Å²) in [7, 11) is 0. The van der Waals surface area contributed by atoms with E-state index < -0.39 is 0 Å². The van der Waals surface area contributed by atoms with Crippen LogP contribution in [0, 0.1) is 26.6 Å². The quantitative estimate of drug-likeness (QED) is 0.598. The minimum Gasteiger partial charge on any atom is -0.207 e. The van der Waals surface area contributed by atoms with Crippen LogP contribution in [0.25, 0.3) is 0 Å². The van der Waals surface area contributed by atoms with Crippen molar-refractivity contribution >= 4 is 27.5 Å². The third kappa shape index (κ3) is 2.85. The average Bonchev–Trinajstić information content (AvgIpc) is 2.26. The lowest BCUT2D eigenvalue weighted by Crippen LogP contribution is -2.03. The van der Waals surface area contributed by atoms with Crippen LogP contribution in [0.15, 0.2) is 30.3 Å². The highest BCUT2D eigenvalue weighted by Crippen LogP contribution is 2.39. The molecule has 0 amide bonds. The highest BCUT2D eigenvalue weighted by molar-refractivity contribution is 9.09. The molecule has 0 N–H and O–H groups in total. The molecule has 0 aromatic heterocycles. The highest BCUT2D eigenvalue weighted by atomic mass is 79.9. The Hall–Kier alpha value is -0.860. The molecule has 19 heavy (non-hydrogen) atoms. The van der Waals surface area contributed by atoms with Crippen molar-refractivity contribution in [2.75, 3.05) is 0 Å². The van der Waals surface area contributed by atoms with Crippen LogP contribution in [-0.4, -0.2) is 0 Å². The molecule has 0 fully saturated rings. The molecular weight excluding hydrogens is 327 g/mol. The van der Waals surface area contributed by atoms with Crippen molar-refractivity contribution in [1.29, 1.82) is 0 Å². The summed E-state index contributed by atoms with van der Waals surface area (Å²) in [4.78, 5) is -0.234.